The minimum absolute atomic E-state index is 0.0289. The Kier molecular flexibility index (Phi) is 22.0. The van der Waals surface area contributed by atoms with Gasteiger partial charge in [-0.05, 0) is 71.3 Å². The summed E-state index contributed by atoms with van der Waals surface area (Å²) >= 11 is 0. The van der Waals surface area contributed by atoms with Gasteiger partial charge < -0.3 is 44.1 Å². The summed E-state index contributed by atoms with van der Waals surface area (Å²) in [7, 11) is 0. The molecule has 9 aromatic heterocycles. The van der Waals surface area contributed by atoms with Crippen LogP contribution in [-0.2, 0) is 58.5 Å². The molecule has 0 saturated carbocycles. The zero-order chi connectivity index (χ0) is 74.3. The monoisotopic (exact) mass is 1440 g/mol. The highest BCUT2D eigenvalue weighted by atomic mass is 19.1. The summed E-state index contributed by atoms with van der Waals surface area (Å²) in [5.41, 5.74) is 8.94. The number of amides is 2. The normalized spacial score (nSPS) is 12.6. The molecule has 0 radical (unpaired) electrons. The number of anilines is 1. The highest BCUT2D eigenvalue weighted by Gasteiger charge is 2.27. The first-order valence-corrected chi connectivity index (χ1v) is 33.6. The molecule has 0 fully saturated rings. The van der Waals surface area contributed by atoms with Crippen molar-refractivity contribution in [2.24, 2.45) is 0 Å². The standard InChI is InChI=1S/2C22H18FN5O2.C16H11FN2O3.C6H9N3.C6H5N3.C4H5N3/c2*23-18-6-5-14(12-19-15-3-1-2-4-16(15)21(29)26-25-19)11-17(18)22(30)28-10-9-27-8-7-24-20(27)13-28;17-13-6-5-9(7-12(13)16(21)22)8-14-10-3-1-2-4-11(10)15(20)19-18-14;2*1-3-9-4-2-8-6(9)5-7-1;5-4-3-6-1-2-7-4/h2*1-8,11H,9-10,12-13H2,(H,26,29);1-7H,8H2,(H,19,20)(H,21,22);2,4,7H,1,3,5H2;1-5H;1-3H,(H2,5,7). The quantitative estimate of drug-likeness (QED) is 0.0793. The van der Waals surface area contributed by atoms with Crippen molar-refractivity contribution in [3.05, 3.63) is 331 Å². The van der Waals surface area contributed by atoms with Crippen LogP contribution in [0.4, 0.5) is 19.0 Å². The molecule has 0 saturated heterocycles. The molecule has 28 nitrogen and oxygen atoms in total. The van der Waals surface area contributed by atoms with Gasteiger partial charge in [-0.1, -0.05) is 72.8 Å². The summed E-state index contributed by atoms with van der Waals surface area (Å²) in [5.74, 6) is -0.747. The fourth-order valence-electron chi connectivity index (χ4n) is 12.3. The van der Waals surface area contributed by atoms with E-state index in [1.165, 1.54) is 30.5 Å². The smallest absolute Gasteiger partial charge is 0.338 e. The number of aromatic amines is 3. The maximum atomic E-state index is 14.5. The lowest BCUT2D eigenvalue weighted by Crippen LogP contribution is -2.38. The van der Waals surface area contributed by atoms with Gasteiger partial charge in [-0.25, -0.2) is 58.2 Å². The van der Waals surface area contributed by atoms with E-state index in [4.69, 9.17) is 10.8 Å². The zero-order valence-electron chi connectivity index (χ0n) is 57.0. The highest BCUT2D eigenvalue weighted by molar-refractivity contribution is 5.96. The van der Waals surface area contributed by atoms with Crippen molar-refractivity contribution in [1.82, 2.24) is 98.7 Å². The molecule has 6 aromatic carbocycles. The second-order valence-electron chi connectivity index (χ2n) is 24.6. The number of nitrogens with two attached hydrogens (primary N) is 1. The van der Waals surface area contributed by atoms with Crippen molar-refractivity contribution in [3.8, 4) is 0 Å². The Morgan fingerprint density at radius 2 is 0.850 bits per heavy atom. The first-order valence-electron chi connectivity index (χ1n) is 33.6. The molecule has 0 spiro atoms. The zero-order valence-corrected chi connectivity index (χ0v) is 57.0. The Morgan fingerprint density at radius 3 is 1.27 bits per heavy atom. The molecule has 2 amide bonds. The van der Waals surface area contributed by atoms with Crippen LogP contribution in [0.5, 0.6) is 0 Å². The van der Waals surface area contributed by atoms with Gasteiger partial charge in [0.15, 0.2) is 5.65 Å². The van der Waals surface area contributed by atoms with Crippen LogP contribution in [0.25, 0.3) is 38.0 Å². The third-order valence-corrected chi connectivity index (χ3v) is 17.7. The van der Waals surface area contributed by atoms with Crippen LogP contribution in [0.3, 0.4) is 0 Å². The maximum absolute atomic E-state index is 14.5. The lowest BCUT2D eigenvalue weighted by atomic mass is 10.0. The fourth-order valence-corrected chi connectivity index (χ4v) is 12.3. The number of halogens is 3. The van der Waals surface area contributed by atoms with E-state index in [9.17, 15) is 41.9 Å². The van der Waals surface area contributed by atoms with Gasteiger partial charge >= 0.3 is 5.97 Å². The SMILES string of the molecule is Nc1cnccn1.O=C(O)c1cc(Cc2n[nH]c(=O)c3ccccc23)ccc1F.O=C(c1cc(Cc2n[nH]c(=O)c3ccccc23)ccc1F)N1CCn2ccnc2C1.O=C(c1cc(Cc2n[nH]c(=O)c3ccccc23)ccc1F)N1CCn2ccnc2C1.c1cn2c(n1)CNCC2.c1cn2ccnc2cn1. The van der Waals surface area contributed by atoms with Gasteiger partial charge in [0.2, 0.25) is 0 Å². The maximum Gasteiger partial charge on any atom is 0.338 e. The minimum Gasteiger partial charge on any atom is -0.478 e. The summed E-state index contributed by atoms with van der Waals surface area (Å²) in [4.78, 5) is 104. The Balaban J connectivity index is 0.000000122. The van der Waals surface area contributed by atoms with Gasteiger partial charge in [0, 0.05) is 149 Å². The number of benzene rings is 6. The number of carbonyl (C=O) groups excluding carboxylic acids is 2. The number of carboxylic acid groups (broad SMARTS) is 1. The molecule has 0 unspecified atom stereocenters. The molecule has 12 heterocycles. The molecular weight excluding hydrogens is 1380 g/mol. The number of nitrogens with zero attached hydrogens (tertiary/aromatic N) is 16. The third kappa shape index (κ3) is 17.1. The molecule has 0 atom stereocenters. The summed E-state index contributed by atoms with van der Waals surface area (Å²) in [5, 5.41) is 35.8. The Morgan fingerprint density at radius 1 is 0.439 bits per heavy atom. The summed E-state index contributed by atoms with van der Waals surface area (Å²) < 4.78 is 50.5. The highest BCUT2D eigenvalue weighted by Crippen LogP contribution is 2.25. The molecule has 7 N–H and O–H groups in total. The number of imidazole rings is 4. The third-order valence-electron chi connectivity index (χ3n) is 17.7. The van der Waals surface area contributed by atoms with Gasteiger partial charge in [-0.15, -0.1) is 0 Å². The molecule has 3 aliphatic rings. The van der Waals surface area contributed by atoms with E-state index >= 15 is 0 Å². The van der Waals surface area contributed by atoms with Crippen molar-refractivity contribution in [3.63, 3.8) is 0 Å². The van der Waals surface area contributed by atoms with E-state index < -0.39 is 23.4 Å². The molecule has 3 aliphatic heterocycles. The van der Waals surface area contributed by atoms with Crippen LogP contribution in [0.1, 0.15) is 82.3 Å². The van der Waals surface area contributed by atoms with Crippen LogP contribution < -0.4 is 27.7 Å². The average molecular weight is 1440 g/mol. The number of carbonyl (C=O) groups is 3. The lowest BCUT2D eigenvalue weighted by molar-refractivity contribution is 0.0685. The molecule has 0 aliphatic carbocycles. The molecule has 15 aromatic rings. The topological polar surface area (TPSA) is 363 Å². The largest absolute Gasteiger partial charge is 0.478 e. The van der Waals surface area contributed by atoms with Crippen molar-refractivity contribution in [2.45, 2.75) is 58.5 Å². The average Bonchev–Trinajstić information content (AvgIpc) is 1.81. The van der Waals surface area contributed by atoms with Gasteiger partial charge in [0.1, 0.15) is 40.7 Å². The predicted molar refractivity (Wildman–Crippen MR) is 389 cm³/mol. The van der Waals surface area contributed by atoms with Crippen LogP contribution >= 0.6 is 0 Å². The van der Waals surface area contributed by atoms with Crippen molar-refractivity contribution in [2.75, 3.05) is 25.4 Å². The first kappa shape index (κ1) is 71.4. The van der Waals surface area contributed by atoms with Gasteiger partial charge in [0.05, 0.1) is 82.0 Å². The molecular formula is C76H66F3N21O7. The molecule has 107 heavy (non-hydrogen) atoms. The van der Waals surface area contributed by atoms with Crippen molar-refractivity contribution in [1.29, 1.82) is 0 Å². The van der Waals surface area contributed by atoms with Gasteiger partial charge in [-0.3, -0.25) is 33.9 Å². The van der Waals surface area contributed by atoms with Gasteiger partial charge in [-0.2, -0.15) is 15.3 Å². The van der Waals surface area contributed by atoms with E-state index in [2.05, 4.69) is 75.4 Å². The Hall–Kier alpha value is -14.0. The Bertz CT molecular complexity index is 5640. The number of hydrogen-bond donors (Lipinski definition) is 6. The Labute approximate surface area is 604 Å². The van der Waals surface area contributed by atoms with Crippen molar-refractivity contribution >= 4 is 61.6 Å². The summed E-state index contributed by atoms with van der Waals surface area (Å²) in [6.07, 6.45) is 25.6. The number of nitrogen functional groups attached to an aromatic ring is 1. The lowest BCUT2D eigenvalue weighted by Gasteiger charge is -2.28. The number of fused-ring (bicyclic) bond motifs is 7. The van der Waals surface area contributed by atoms with E-state index in [1.54, 1.807) is 126 Å². The van der Waals surface area contributed by atoms with E-state index in [-0.39, 0.29) is 51.6 Å². The van der Waals surface area contributed by atoms with Crippen molar-refractivity contribution < 1.29 is 32.7 Å². The van der Waals surface area contributed by atoms with Crippen LogP contribution in [0, 0.1) is 17.5 Å². The first-order chi connectivity index (χ1) is 52.1. The fraction of sp³-hybridized carbons (Fsp3) is 0.158. The predicted octanol–water partition coefficient (Wildman–Crippen LogP) is 8.14. The molecule has 18 rings (SSSR count). The number of aromatic carboxylic acids is 1. The number of aromatic nitrogens is 17. The van der Waals surface area contributed by atoms with Crippen LogP contribution in [0.2, 0.25) is 0 Å². The van der Waals surface area contributed by atoms with E-state index in [1.807, 2.05) is 75.0 Å². The number of rotatable bonds is 9. The summed E-state index contributed by atoms with van der Waals surface area (Å²) in [6, 6.07) is 34.3. The summed E-state index contributed by atoms with van der Waals surface area (Å²) in [6.45, 7) is 6.02. The van der Waals surface area contributed by atoms with Crippen LogP contribution in [-0.4, -0.2) is 136 Å². The molecule has 0 bridgehead atoms. The van der Waals surface area contributed by atoms with Gasteiger partial charge in [0.25, 0.3) is 28.5 Å². The second kappa shape index (κ2) is 33.0. The van der Waals surface area contributed by atoms with Crippen LogP contribution in [0.15, 0.2) is 229 Å². The van der Waals surface area contributed by atoms with E-state index in [0.717, 1.165) is 70.7 Å². The molecule has 538 valence electrons. The van der Waals surface area contributed by atoms with E-state index in [0.29, 0.717) is 102 Å². The second-order valence-corrected chi connectivity index (χ2v) is 24.6. The number of hydrogen-bond acceptors (Lipinski definition) is 18. The number of carboxylic acids is 1. The molecule has 31 heteroatoms. The number of H-pyrrole nitrogens is 3. The minimum atomic E-state index is -1.32. The number of nitrogens with one attached hydrogen (secondary N) is 4.